The zero-order valence-electron chi connectivity index (χ0n) is 18.5. The lowest BCUT2D eigenvalue weighted by Crippen LogP contribution is -2.69. The van der Waals surface area contributed by atoms with E-state index in [1.54, 1.807) is 65.6 Å². The van der Waals surface area contributed by atoms with Gasteiger partial charge in [-0.2, -0.15) is 13.1 Å². The molecule has 0 radical (unpaired) electrons. The van der Waals surface area contributed by atoms with E-state index in [4.69, 9.17) is 4.74 Å². The quantitative estimate of drug-likeness (QED) is 0.496. The molecule has 1 aromatic carbocycles. The van der Waals surface area contributed by atoms with Crippen molar-refractivity contribution in [1.82, 2.24) is 19.7 Å². The molecule has 0 bridgehead atoms. The number of carbonyl (C=O) groups excluding carboxylic acids is 3. The minimum Gasteiger partial charge on any atom is -0.446 e. The van der Waals surface area contributed by atoms with Gasteiger partial charge in [-0.1, -0.05) is 30.3 Å². The van der Waals surface area contributed by atoms with E-state index in [1.165, 1.54) is 0 Å². The number of benzene rings is 1. The summed E-state index contributed by atoms with van der Waals surface area (Å²) >= 11 is 1.59. The lowest BCUT2D eigenvalue weighted by atomic mass is 9.97. The molecule has 0 spiro atoms. The zero-order chi connectivity index (χ0) is 23.8. The van der Waals surface area contributed by atoms with Crippen LogP contribution in [0.2, 0.25) is 0 Å². The first-order chi connectivity index (χ1) is 14.8. The second-order valence-electron chi connectivity index (χ2n) is 8.54. The molecule has 10 nitrogen and oxygen atoms in total. The number of fused-ring (bicyclic) bond motifs is 1. The van der Waals surface area contributed by atoms with Crippen LogP contribution in [-0.4, -0.2) is 59.5 Å². The third kappa shape index (κ3) is 5.02. The van der Waals surface area contributed by atoms with E-state index in [0.29, 0.717) is 5.56 Å². The van der Waals surface area contributed by atoms with Gasteiger partial charge >= 0.3 is 16.3 Å². The summed E-state index contributed by atoms with van der Waals surface area (Å²) in [6.07, 6.45) is -1.69. The topological polar surface area (TPSA) is 134 Å². The van der Waals surface area contributed by atoms with Gasteiger partial charge in [0.15, 0.2) is 0 Å². The Morgan fingerprint density at radius 3 is 2.41 bits per heavy atom. The molecule has 2 aliphatic rings. The molecule has 12 heteroatoms. The average Bonchev–Trinajstić information content (AvgIpc) is 2.90. The maximum atomic E-state index is 13.1. The van der Waals surface area contributed by atoms with Crippen LogP contribution in [0.1, 0.15) is 46.2 Å². The number of hydrogen-bond acceptors (Lipinski definition) is 7. The van der Waals surface area contributed by atoms with Crippen LogP contribution in [0, 0.1) is 0 Å². The molecule has 0 aromatic heterocycles. The highest BCUT2D eigenvalue weighted by Gasteiger charge is 2.60. The van der Waals surface area contributed by atoms with Crippen LogP contribution >= 0.6 is 11.8 Å². The van der Waals surface area contributed by atoms with Gasteiger partial charge in [0.05, 0.1) is 6.10 Å². The molecule has 4 atom stereocenters. The van der Waals surface area contributed by atoms with E-state index < -0.39 is 40.4 Å². The van der Waals surface area contributed by atoms with E-state index in [2.05, 4.69) is 10.0 Å². The summed E-state index contributed by atoms with van der Waals surface area (Å²) in [5, 5.41) is 2.46. The van der Waals surface area contributed by atoms with E-state index in [-0.39, 0.29) is 22.1 Å². The Hall–Kier alpha value is -2.31. The highest BCUT2D eigenvalue weighted by atomic mass is 32.2. The lowest BCUT2D eigenvalue weighted by molar-refractivity contribution is -0.151. The Kier molecular flexibility index (Phi) is 6.78. The van der Waals surface area contributed by atoms with Gasteiger partial charge in [-0.3, -0.25) is 9.59 Å². The van der Waals surface area contributed by atoms with Gasteiger partial charge in [0.25, 0.3) is 0 Å². The number of nitrogens with one attached hydrogen (secondary N) is 3. The molecular weight excluding hydrogens is 456 g/mol. The maximum Gasteiger partial charge on any atom is 0.422 e. The minimum atomic E-state index is -4.44. The Bertz CT molecular complexity index is 999. The molecule has 2 aliphatic heterocycles. The second kappa shape index (κ2) is 8.91. The highest BCUT2D eigenvalue weighted by molar-refractivity contribution is 8.01. The van der Waals surface area contributed by atoms with Gasteiger partial charge in [-0.05, 0) is 40.2 Å². The van der Waals surface area contributed by atoms with Gasteiger partial charge in [0, 0.05) is 10.8 Å². The number of ether oxygens (including phenoxy) is 1. The number of nitrogens with zero attached hydrogens (tertiary/aromatic N) is 1. The van der Waals surface area contributed by atoms with E-state index in [0.717, 1.165) is 0 Å². The SMILES string of the molecule is CC(C)OC(=O)NS(=O)(=O)NC(C(=O)N[C@@H]1C(=O)N2[C@@H]1SC(C)(C)[C@@H]2C)c1ccccc1. The maximum absolute atomic E-state index is 13.1. The summed E-state index contributed by atoms with van der Waals surface area (Å²) in [5.74, 6) is -0.906. The molecule has 32 heavy (non-hydrogen) atoms. The Balaban J connectivity index is 1.76. The zero-order valence-corrected chi connectivity index (χ0v) is 20.1. The van der Waals surface area contributed by atoms with Gasteiger partial charge in [-0.25, -0.2) is 9.52 Å². The smallest absolute Gasteiger partial charge is 0.422 e. The summed E-state index contributed by atoms with van der Waals surface area (Å²) in [7, 11) is -4.44. The number of thioether (sulfide) groups is 1. The normalized spacial score (nSPS) is 25.0. The van der Waals surface area contributed by atoms with Crippen LogP contribution in [0.15, 0.2) is 30.3 Å². The first-order valence-corrected chi connectivity index (χ1v) is 12.5. The lowest BCUT2D eigenvalue weighted by Gasteiger charge is -2.44. The molecular formula is C20H28N4O6S2. The molecule has 0 aliphatic carbocycles. The van der Waals surface area contributed by atoms with Crippen LogP contribution < -0.4 is 14.8 Å². The van der Waals surface area contributed by atoms with Gasteiger partial charge in [0.2, 0.25) is 11.8 Å². The van der Waals surface area contributed by atoms with Crippen molar-refractivity contribution in [1.29, 1.82) is 0 Å². The van der Waals surface area contributed by atoms with Crippen molar-refractivity contribution in [3.8, 4) is 0 Å². The number of carbonyl (C=O) groups is 3. The Labute approximate surface area is 192 Å². The molecule has 2 fully saturated rings. The predicted octanol–water partition coefficient (Wildman–Crippen LogP) is 1.26. The Morgan fingerprint density at radius 1 is 1.19 bits per heavy atom. The predicted molar refractivity (Wildman–Crippen MR) is 120 cm³/mol. The summed E-state index contributed by atoms with van der Waals surface area (Å²) in [6, 6.07) is 6.06. The number of β-lactam (4-membered cyclic amide) rings is 1. The molecule has 3 rings (SSSR count). The largest absolute Gasteiger partial charge is 0.446 e. The Morgan fingerprint density at radius 2 is 1.81 bits per heavy atom. The molecule has 2 heterocycles. The summed E-state index contributed by atoms with van der Waals surface area (Å²) in [4.78, 5) is 39.2. The molecule has 176 valence electrons. The standard InChI is InChI=1S/C20H28N4O6S2/c1-11(2)30-19(27)23-32(28,29)22-14(13-9-7-6-8-10-13)16(25)21-15-17(26)24-12(3)20(4,5)31-18(15)24/h6-12,14-15,18,22H,1-5H3,(H,21,25)(H,23,27)/t12-,14?,15+,18+/m0/s1. The molecule has 3 N–H and O–H groups in total. The van der Waals surface area contributed by atoms with Crippen molar-refractivity contribution >= 4 is 39.9 Å². The van der Waals surface area contributed by atoms with Crippen LogP contribution in [0.3, 0.4) is 0 Å². The molecule has 3 amide bonds. The van der Waals surface area contributed by atoms with Crippen molar-refractivity contribution in [2.75, 3.05) is 0 Å². The van der Waals surface area contributed by atoms with Crippen molar-refractivity contribution in [3.05, 3.63) is 35.9 Å². The fourth-order valence-corrected chi connectivity index (χ4v) is 6.12. The van der Waals surface area contributed by atoms with Crippen molar-refractivity contribution < 1.29 is 27.5 Å². The van der Waals surface area contributed by atoms with Crippen molar-refractivity contribution in [2.24, 2.45) is 0 Å². The van der Waals surface area contributed by atoms with E-state index in [9.17, 15) is 22.8 Å². The van der Waals surface area contributed by atoms with Gasteiger partial charge in [-0.15, -0.1) is 11.8 Å². The van der Waals surface area contributed by atoms with Gasteiger partial charge < -0.3 is 15.0 Å². The van der Waals surface area contributed by atoms with Gasteiger partial charge in [0.1, 0.15) is 17.5 Å². The number of amides is 3. The first-order valence-electron chi connectivity index (χ1n) is 10.2. The number of hydrogen-bond donors (Lipinski definition) is 3. The molecule has 1 unspecified atom stereocenters. The van der Waals surface area contributed by atoms with Crippen molar-refractivity contribution in [2.45, 2.75) is 69.0 Å². The highest BCUT2D eigenvalue weighted by Crippen LogP contribution is 2.50. The minimum absolute atomic E-state index is 0.0118. The fraction of sp³-hybridized carbons (Fsp3) is 0.550. The summed E-state index contributed by atoms with van der Waals surface area (Å²) in [5.41, 5.74) is 0.351. The first kappa shape index (κ1) is 24.3. The van der Waals surface area contributed by atoms with E-state index in [1.807, 2.05) is 20.8 Å². The summed E-state index contributed by atoms with van der Waals surface area (Å²) < 4.78 is 33.5. The average molecular weight is 485 g/mol. The fourth-order valence-electron chi connectivity index (χ4n) is 3.59. The summed E-state index contributed by atoms with van der Waals surface area (Å²) in [6.45, 7) is 9.18. The third-order valence-corrected chi connectivity index (χ3v) is 8.12. The molecule has 0 saturated carbocycles. The van der Waals surface area contributed by atoms with Crippen LogP contribution in [0.25, 0.3) is 0 Å². The van der Waals surface area contributed by atoms with E-state index >= 15 is 0 Å². The second-order valence-corrected chi connectivity index (χ2v) is 11.8. The number of rotatable bonds is 7. The third-order valence-electron chi connectivity index (χ3n) is 5.45. The van der Waals surface area contributed by atoms with Crippen LogP contribution in [-0.2, 0) is 24.5 Å². The van der Waals surface area contributed by atoms with Crippen molar-refractivity contribution in [3.63, 3.8) is 0 Å². The molecule has 1 aromatic rings. The monoisotopic (exact) mass is 484 g/mol. The molecule has 2 saturated heterocycles. The van der Waals surface area contributed by atoms with Crippen LogP contribution in [0.5, 0.6) is 0 Å². The van der Waals surface area contributed by atoms with Crippen LogP contribution in [0.4, 0.5) is 4.79 Å².